The van der Waals surface area contributed by atoms with Crippen LogP contribution < -0.4 is 20.1 Å². The standard InChI is InChI=1S/C22H15F4N3O3/c23-10-5-11(24)7-13(6-10)32-12-1-4-17(27-8-12)28-22(30)29-20-14-9-31-21-16(26)3-2-15(25)19(21)18(14)20/h1-8,14,18,20H,9H2,(H2,27,28,29,30). The molecule has 0 bridgehead atoms. The van der Waals surface area contributed by atoms with Crippen LogP contribution >= 0.6 is 0 Å². The highest BCUT2D eigenvalue weighted by molar-refractivity contribution is 5.89. The molecule has 3 atom stereocenters. The van der Waals surface area contributed by atoms with Crippen LogP contribution in [-0.2, 0) is 0 Å². The summed E-state index contributed by atoms with van der Waals surface area (Å²) < 4.78 is 65.2. The number of pyridine rings is 1. The Kier molecular flexibility index (Phi) is 4.84. The molecule has 2 N–H and O–H groups in total. The molecule has 2 aromatic carbocycles. The first kappa shape index (κ1) is 20.1. The minimum absolute atomic E-state index is 0.0368. The molecule has 1 aromatic heterocycles. The van der Waals surface area contributed by atoms with Gasteiger partial charge in [0.25, 0.3) is 0 Å². The zero-order valence-electron chi connectivity index (χ0n) is 16.2. The molecular weight excluding hydrogens is 430 g/mol. The SMILES string of the molecule is O=C(Nc1ccc(Oc2cc(F)cc(F)c2)cn1)NC1C2COc3c(F)ccc(F)c3C21. The maximum atomic E-state index is 14.2. The first-order valence-electron chi connectivity index (χ1n) is 9.67. The molecule has 0 radical (unpaired) electrons. The van der Waals surface area contributed by atoms with E-state index in [1.165, 1.54) is 18.3 Å². The van der Waals surface area contributed by atoms with E-state index in [1.807, 2.05) is 0 Å². The summed E-state index contributed by atoms with van der Waals surface area (Å²) in [5, 5.41) is 5.26. The molecule has 1 aliphatic carbocycles. The Morgan fingerprint density at radius 3 is 2.47 bits per heavy atom. The van der Waals surface area contributed by atoms with Gasteiger partial charge in [0, 0.05) is 41.6 Å². The molecule has 2 heterocycles. The van der Waals surface area contributed by atoms with Crippen LogP contribution in [0.15, 0.2) is 48.7 Å². The second-order valence-corrected chi connectivity index (χ2v) is 7.48. The number of halogens is 4. The summed E-state index contributed by atoms with van der Waals surface area (Å²) in [6.45, 7) is 0.175. The quantitative estimate of drug-likeness (QED) is 0.570. The van der Waals surface area contributed by atoms with Crippen molar-refractivity contribution in [3.05, 3.63) is 77.5 Å². The summed E-state index contributed by atoms with van der Waals surface area (Å²) in [5.74, 6) is -3.03. The smallest absolute Gasteiger partial charge is 0.320 e. The van der Waals surface area contributed by atoms with E-state index < -0.39 is 35.3 Å². The number of amides is 2. The number of fused-ring (bicyclic) bond motifs is 3. The van der Waals surface area contributed by atoms with Crippen molar-refractivity contribution in [2.45, 2.75) is 12.0 Å². The number of nitrogens with zero attached hydrogens (tertiary/aromatic N) is 1. The lowest BCUT2D eigenvalue weighted by atomic mass is 10.0. The average Bonchev–Trinajstić information content (AvgIpc) is 3.44. The number of carbonyl (C=O) groups excluding carboxylic acids is 1. The van der Waals surface area contributed by atoms with E-state index in [-0.39, 0.29) is 47.1 Å². The maximum absolute atomic E-state index is 14.2. The van der Waals surface area contributed by atoms with Gasteiger partial charge in [0.1, 0.15) is 34.8 Å². The Bertz CT molecular complexity index is 1190. The molecule has 3 unspecified atom stereocenters. The fourth-order valence-corrected chi connectivity index (χ4v) is 3.90. The van der Waals surface area contributed by atoms with E-state index in [1.54, 1.807) is 0 Å². The largest absolute Gasteiger partial charge is 0.490 e. The Hall–Kier alpha value is -3.82. The first-order valence-corrected chi connectivity index (χ1v) is 9.67. The van der Waals surface area contributed by atoms with Gasteiger partial charge < -0.3 is 14.8 Å². The predicted molar refractivity (Wildman–Crippen MR) is 105 cm³/mol. The van der Waals surface area contributed by atoms with Crippen LogP contribution in [0.4, 0.5) is 28.2 Å². The summed E-state index contributed by atoms with van der Waals surface area (Å²) >= 11 is 0. The number of rotatable bonds is 4. The van der Waals surface area contributed by atoms with E-state index in [4.69, 9.17) is 9.47 Å². The average molecular weight is 445 g/mol. The molecule has 0 saturated heterocycles. The molecular formula is C22H15F4N3O3. The highest BCUT2D eigenvalue weighted by Crippen LogP contribution is 2.55. The molecule has 0 spiro atoms. The summed E-state index contributed by atoms with van der Waals surface area (Å²) in [6.07, 6.45) is 1.28. The van der Waals surface area contributed by atoms with Crippen LogP contribution in [0.5, 0.6) is 17.2 Å². The fraction of sp³-hybridized carbons (Fsp3) is 0.182. The Balaban J connectivity index is 1.20. The molecule has 10 heteroatoms. The number of ether oxygens (including phenoxy) is 2. The van der Waals surface area contributed by atoms with E-state index in [0.29, 0.717) is 0 Å². The van der Waals surface area contributed by atoms with E-state index in [0.717, 1.165) is 30.3 Å². The van der Waals surface area contributed by atoms with Gasteiger partial charge in [-0.05, 0) is 24.3 Å². The van der Waals surface area contributed by atoms with E-state index in [9.17, 15) is 22.4 Å². The normalized spacial score (nSPS) is 20.4. The Labute approximate surface area is 179 Å². The van der Waals surface area contributed by atoms with Crippen molar-refractivity contribution in [2.24, 2.45) is 5.92 Å². The van der Waals surface area contributed by atoms with Gasteiger partial charge in [0.05, 0.1) is 12.8 Å². The summed E-state index contributed by atoms with van der Waals surface area (Å²) in [5.41, 5.74) is 0.139. The summed E-state index contributed by atoms with van der Waals surface area (Å²) in [4.78, 5) is 16.4. The fourth-order valence-electron chi connectivity index (χ4n) is 3.90. The second-order valence-electron chi connectivity index (χ2n) is 7.48. The second kappa shape index (κ2) is 7.70. The minimum atomic E-state index is -0.779. The summed E-state index contributed by atoms with van der Waals surface area (Å²) in [6, 6.07) is 6.75. The van der Waals surface area contributed by atoms with Gasteiger partial charge in [0.15, 0.2) is 11.6 Å². The number of urea groups is 1. The van der Waals surface area contributed by atoms with Crippen molar-refractivity contribution in [2.75, 3.05) is 11.9 Å². The lowest BCUT2D eigenvalue weighted by Gasteiger charge is -2.16. The first-order chi connectivity index (χ1) is 15.4. The monoisotopic (exact) mass is 445 g/mol. The minimum Gasteiger partial charge on any atom is -0.490 e. The van der Waals surface area contributed by atoms with Gasteiger partial charge >= 0.3 is 6.03 Å². The van der Waals surface area contributed by atoms with Crippen LogP contribution in [0.1, 0.15) is 11.5 Å². The van der Waals surface area contributed by atoms with Crippen LogP contribution in [0, 0.1) is 29.2 Å². The van der Waals surface area contributed by atoms with E-state index >= 15 is 0 Å². The number of benzene rings is 2. The predicted octanol–water partition coefficient (Wildman–Crippen LogP) is 4.73. The van der Waals surface area contributed by atoms with Crippen molar-refractivity contribution in [3.8, 4) is 17.2 Å². The van der Waals surface area contributed by atoms with Crippen molar-refractivity contribution in [1.29, 1.82) is 0 Å². The Morgan fingerprint density at radius 2 is 1.75 bits per heavy atom. The molecule has 1 aliphatic heterocycles. The zero-order valence-corrected chi connectivity index (χ0v) is 16.2. The molecule has 2 amide bonds. The summed E-state index contributed by atoms with van der Waals surface area (Å²) in [7, 11) is 0. The molecule has 32 heavy (non-hydrogen) atoms. The molecule has 5 rings (SSSR count). The number of anilines is 1. The van der Waals surface area contributed by atoms with Crippen molar-refractivity contribution < 1.29 is 31.8 Å². The highest BCUT2D eigenvalue weighted by atomic mass is 19.1. The van der Waals surface area contributed by atoms with Crippen LogP contribution in [-0.4, -0.2) is 23.7 Å². The molecule has 6 nitrogen and oxygen atoms in total. The van der Waals surface area contributed by atoms with Crippen LogP contribution in [0.3, 0.4) is 0 Å². The zero-order chi connectivity index (χ0) is 22.4. The van der Waals surface area contributed by atoms with Crippen molar-refractivity contribution in [3.63, 3.8) is 0 Å². The van der Waals surface area contributed by atoms with E-state index in [2.05, 4.69) is 15.6 Å². The third kappa shape index (κ3) is 3.79. The number of nitrogens with one attached hydrogen (secondary N) is 2. The highest BCUT2D eigenvalue weighted by Gasteiger charge is 2.57. The third-order valence-corrected chi connectivity index (χ3v) is 5.36. The molecule has 3 aromatic rings. The molecule has 164 valence electrons. The Morgan fingerprint density at radius 1 is 1.00 bits per heavy atom. The lowest BCUT2D eigenvalue weighted by molar-refractivity contribution is 0.247. The van der Waals surface area contributed by atoms with Gasteiger partial charge in [-0.15, -0.1) is 0 Å². The lowest BCUT2D eigenvalue weighted by Crippen LogP contribution is -2.32. The van der Waals surface area contributed by atoms with Crippen LogP contribution in [0.25, 0.3) is 0 Å². The van der Waals surface area contributed by atoms with Crippen molar-refractivity contribution in [1.82, 2.24) is 10.3 Å². The third-order valence-electron chi connectivity index (χ3n) is 5.36. The van der Waals surface area contributed by atoms with Crippen LogP contribution in [0.2, 0.25) is 0 Å². The van der Waals surface area contributed by atoms with Gasteiger partial charge in [-0.2, -0.15) is 0 Å². The van der Waals surface area contributed by atoms with Gasteiger partial charge in [0.2, 0.25) is 0 Å². The maximum Gasteiger partial charge on any atom is 0.320 e. The van der Waals surface area contributed by atoms with Gasteiger partial charge in [-0.3, -0.25) is 5.32 Å². The number of aromatic nitrogens is 1. The van der Waals surface area contributed by atoms with Crippen molar-refractivity contribution >= 4 is 11.8 Å². The number of hydrogen-bond donors (Lipinski definition) is 2. The molecule has 1 fully saturated rings. The van der Waals surface area contributed by atoms with Gasteiger partial charge in [-0.1, -0.05) is 0 Å². The molecule has 2 aliphatic rings. The number of hydrogen-bond acceptors (Lipinski definition) is 4. The molecule has 1 saturated carbocycles. The van der Waals surface area contributed by atoms with Gasteiger partial charge in [-0.25, -0.2) is 27.3 Å². The number of carbonyl (C=O) groups is 1. The topological polar surface area (TPSA) is 72.5 Å².